The van der Waals surface area contributed by atoms with Crippen LogP contribution in [0.15, 0.2) is 57.2 Å². The highest BCUT2D eigenvalue weighted by molar-refractivity contribution is 9.10. The van der Waals surface area contributed by atoms with E-state index >= 15 is 0 Å². The average Bonchev–Trinajstić information content (AvgIpc) is 2.84. The number of allylic oxidation sites excluding steroid dienone is 1. The Morgan fingerprint density at radius 3 is 2.60 bits per heavy atom. The van der Waals surface area contributed by atoms with E-state index in [1.165, 1.54) is 20.4 Å². The van der Waals surface area contributed by atoms with Gasteiger partial charge in [-0.25, -0.2) is 15.0 Å². The van der Waals surface area contributed by atoms with E-state index in [4.69, 9.17) is 14.2 Å². The second kappa shape index (κ2) is 11.5. The Hall–Kier alpha value is -3.86. The van der Waals surface area contributed by atoms with Gasteiger partial charge in [0.1, 0.15) is 0 Å². The number of ether oxygens (including phenoxy) is 3. The van der Waals surface area contributed by atoms with Crippen LogP contribution in [0.2, 0.25) is 0 Å². The number of aryl methyl sites for hydroxylation is 1. The van der Waals surface area contributed by atoms with E-state index in [0.717, 1.165) is 15.6 Å². The largest absolute Gasteiger partial charge is 0.493 e. The Kier molecular flexibility index (Phi) is 8.48. The number of hydrazone groups is 1. The second-order valence-corrected chi connectivity index (χ2v) is 8.42. The van der Waals surface area contributed by atoms with E-state index < -0.39 is 23.9 Å². The van der Waals surface area contributed by atoms with E-state index in [2.05, 4.69) is 37.1 Å². The van der Waals surface area contributed by atoms with Crippen LogP contribution >= 0.6 is 15.9 Å². The van der Waals surface area contributed by atoms with Crippen LogP contribution in [0.1, 0.15) is 29.7 Å². The highest BCUT2D eigenvalue weighted by Crippen LogP contribution is 2.34. The number of rotatable bonds is 8. The van der Waals surface area contributed by atoms with Crippen LogP contribution in [0.5, 0.6) is 11.5 Å². The molecule has 0 fully saturated rings. The molecule has 0 spiro atoms. The lowest BCUT2D eigenvalue weighted by Crippen LogP contribution is -2.45. The van der Waals surface area contributed by atoms with Crippen molar-refractivity contribution < 1.29 is 28.6 Å². The summed E-state index contributed by atoms with van der Waals surface area (Å²) in [6.07, 6.45) is 1.53. The first-order chi connectivity index (χ1) is 16.7. The summed E-state index contributed by atoms with van der Waals surface area (Å²) < 4.78 is 16.8. The minimum atomic E-state index is -0.751. The van der Waals surface area contributed by atoms with Gasteiger partial charge in [0.2, 0.25) is 0 Å². The normalized spacial score (nSPS) is 15.3. The lowest BCUT2D eigenvalue weighted by Gasteiger charge is -2.28. The maximum Gasteiger partial charge on any atom is 0.337 e. The van der Waals surface area contributed by atoms with Gasteiger partial charge in [-0.2, -0.15) is 5.10 Å². The van der Waals surface area contributed by atoms with Crippen molar-refractivity contribution in [1.29, 1.82) is 0 Å². The molecule has 0 radical (unpaired) electrons. The number of hydrogen-bond donors (Lipinski definition) is 3. The zero-order valence-corrected chi connectivity index (χ0v) is 21.2. The number of carbonyl (C=O) groups is 3. The summed E-state index contributed by atoms with van der Waals surface area (Å²) in [5.74, 6) is -0.415. The van der Waals surface area contributed by atoms with Gasteiger partial charge in [0.05, 0.1) is 32.0 Å². The molecule has 0 unspecified atom stereocenters. The quantitative estimate of drug-likeness (QED) is 0.266. The smallest absolute Gasteiger partial charge is 0.337 e. The lowest BCUT2D eigenvalue weighted by molar-refractivity contribution is -0.136. The molecule has 184 valence electrons. The molecule has 3 amide bonds. The fourth-order valence-corrected chi connectivity index (χ4v) is 3.75. The van der Waals surface area contributed by atoms with Crippen LogP contribution in [0.4, 0.5) is 4.79 Å². The number of nitrogens with zero attached hydrogens (tertiary/aromatic N) is 1. The van der Waals surface area contributed by atoms with E-state index in [0.29, 0.717) is 22.8 Å². The molecule has 1 aliphatic rings. The average molecular weight is 545 g/mol. The van der Waals surface area contributed by atoms with Crippen molar-refractivity contribution in [2.24, 2.45) is 5.10 Å². The van der Waals surface area contributed by atoms with Gasteiger partial charge in [0.15, 0.2) is 18.1 Å². The lowest BCUT2D eigenvalue weighted by atomic mass is 9.95. The summed E-state index contributed by atoms with van der Waals surface area (Å²) in [5.41, 5.74) is 5.55. The zero-order chi connectivity index (χ0) is 25.5. The van der Waals surface area contributed by atoms with Gasteiger partial charge in [0, 0.05) is 10.2 Å². The molecule has 1 aliphatic heterocycles. The summed E-state index contributed by atoms with van der Waals surface area (Å²) in [6.45, 7) is 3.29. The molecule has 3 N–H and O–H groups in total. The van der Waals surface area contributed by atoms with Crippen LogP contribution in [-0.2, 0) is 14.3 Å². The number of carbonyl (C=O) groups excluding carboxylic acids is 3. The fraction of sp³-hybridized carbons (Fsp3) is 0.250. The second-order valence-electron chi connectivity index (χ2n) is 7.56. The van der Waals surface area contributed by atoms with Gasteiger partial charge in [-0.3, -0.25) is 4.79 Å². The standard InChI is InChI=1S/C24H25BrN4O6/c1-13-5-6-15(9-17(13)25)11-26-29-20(30)12-35-18-8-7-16(10-19(18)33-3)22-21(23(31)34-4)14(2)27-24(32)28-22/h5-11,22H,12H2,1-4H3,(H,29,30)(H2,27,28,32)/b26-11-/t22-/m1/s1. The molecule has 11 heteroatoms. The Bertz CT molecular complexity index is 1210. The van der Waals surface area contributed by atoms with Gasteiger partial charge in [0.25, 0.3) is 5.91 Å². The number of urea groups is 1. The maximum atomic E-state index is 12.3. The number of esters is 1. The highest BCUT2D eigenvalue weighted by Gasteiger charge is 2.32. The summed E-state index contributed by atoms with van der Waals surface area (Å²) in [5, 5.41) is 9.21. The molecule has 2 aromatic rings. The van der Waals surface area contributed by atoms with Crippen molar-refractivity contribution >= 4 is 40.1 Å². The molecular formula is C24H25BrN4O6. The van der Waals surface area contributed by atoms with Crippen LogP contribution in [0.25, 0.3) is 0 Å². The Balaban J connectivity index is 1.68. The fourth-order valence-electron chi connectivity index (χ4n) is 3.35. The Morgan fingerprint density at radius 2 is 1.91 bits per heavy atom. The van der Waals surface area contributed by atoms with Crippen molar-refractivity contribution in [3.8, 4) is 11.5 Å². The third kappa shape index (κ3) is 6.38. The number of nitrogens with one attached hydrogen (secondary N) is 3. The number of benzene rings is 2. The molecule has 10 nitrogen and oxygen atoms in total. The van der Waals surface area contributed by atoms with Crippen molar-refractivity contribution in [1.82, 2.24) is 16.1 Å². The van der Waals surface area contributed by atoms with Crippen molar-refractivity contribution in [2.75, 3.05) is 20.8 Å². The maximum absolute atomic E-state index is 12.3. The van der Waals surface area contributed by atoms with Gasteiger partial charge >= 0.3 is 12.0 Å². The number of methoxy groups -OCH3 is 2. The van der Waals surface area contributed by atoms with E-state index in [9.17, 15) is 14.4 Å². The molecule has 35 heavy (non-hydrogen) atoms. The molecule has 1 atom stereocenters. The third-order valence-electron chi connectivity index (χ3n) is 5.15. The minimum Gasteiger partial charge on any atom is -0.493 e. The van der Waals surface area contributed by atoms with E-state index in [-0.39, 0.29) is 12.2 Å². The zero-order valence-electron chi connectivity index (χ0n) is 19.6. The third-order valence-corrected chi connectivity index (χ3v) is 6.01. The topological polar surface area (TPSA) is 127 Å². The first-order valence-corrected chi connectivity index (χ1v) is 11.3. The van der Waals surface area contributed by atoms with Crippen LogP contribution in [0.3, 0.4) is 0 Å². The van der Waals surface area contributed by atoms with Crippen LogP contribution in [0, 0.1) is 6.92 Å². The first-order valence-electron chi connectivity index (χ1n) is 10.5. The minimum absolute atomic E-state index is 0.265. The first kappa shape index (κ1) is 25.8. The van der Waals surface area contributed by atoms with Crippen molar-refractivity contribution in [3.63, 3.8) is 0 Å². The highest BCUT2D eigenvalue weighted by atomic mass is 79.9. The molecule has 0 bridgehead atoms. The molecule has 2 aromatic carbocycles. The molecule has 0 aliphatic carbocycles. The van der Waals surface area contributed by atoms with Crippen LogP contribution < -0.4 is 25.5 Å². The predicted octanol–water partition coefficient (Wildman–Crippen LogP) is 3.10. The van der Waals surface area contributed by atoms with Gasteiger partial charge in [-0.05, 0) is 48.7 Å². The number of hydrogen-bond acceptors (Lipinski definition) is 7. The van der Waals surface area contributed by atoms with Crippen molar-refractivity contribution in [3.05, 3.63) is 68.8 Å². The summed E-state index contributed by atoms with van der Waals surface area (Å²) >= 11 is 3.45. The van der Waals surface area contributed by atoms with Crippen molar-refractivity contribution in [2.45, 2.75) is 19.9 Å². The summed E-state index contributed by atoms with van der Waals surface area (Å²) in [7, 11) is 2.71. The Morgan fingerprint density at radius 1 is 1.14 bits per heavy atom. The molecule has 1 heterocycles. The van der Waals surface area contributed by atoms with Crippen LogP contribution in [-0.4, -0.2) is 44.9 Å². The number of amides is 3. The predicted molar refractivity (Wildman–Crippen MR) is 132 cm³/mol. The van der Waals surface area contributed by atoms with E-state index in [1.807, 2.05) is 25.1 Å². The number of halogens is 1. The van der Waals surface area contributed by atoms with Gasteiger partial charge in [-0.15, -0.1) is 0 Å². The molecule has 0 aromatic heterocycles. The van der Waals surface area contributed by atoms with Gasteiger partial charge < -0.3 is 24.8 Å². The molecular weight excluding hydrogens is 520 g/mol. The summed E-state index contributed by atoms with van der Waals surface area (Å²) in [6, 6.07) is 9.38. The molecule has 0 saturated carbocycles. The monoisotopic (exact) mass is 544 g/mol. The SMILES string of the molecule is COC(=O)C1=C(C)NC(=O)N[C@@H]1c1ccc(OCC(=O)N/N=C\c2ccc(C)c(Br)c2)c(OC)c1. The Labute approximate surface area is 210 Å². The molecule has 3 rings (SSSR count). The molecule has 0 saturated heterocycles. The van der Waals surface area contributed by atoms with Gasteiger partial charge in [-0.1, -0.05) is 34.1 Å². The van der Waals surface area contributed by atoms with E-state index in [1.54, 1.807) is 25.1 Å². The summed E-state index contributed by atoms with van der Waals surface area (Å²) in [4.78, 5) is 36.4.